The van der Waals surface area contributed by atoms with Crippen LogP contribution in [-0.2, 0) is 0 Å². The third-order valence-electron chi connectivity index (χ3n) is 3.62. The van der Waals surface area contributed by atoms with Crippen LogP contribution in [0.3, 0.4) is 0 Å². The van der Waals surface area contributed by atoms with Gasteiger partial charge in [-0.2, -0.15) is 5.26 Å². The van der Waals surface area contributed by atoms with Crippen molar-refractivity contribution in [2.24, 2.45) is 0 Å². The molecule has 1 aromatic heterocycles. The first-order valence-corrected chi connectivity index (χ1v) is 7.42. The highest BCUT2D eigenvalue weighted by Crippen LogP contribution is 2.41. The molecule has 0 radical (unpaired) electrons. The Bertz CT molecular complexity index is 650. The normalized spacial score (nSPS) is 13.9. The average molecular weight is 282 g/mol. The fourth-order valence-corrected chi connectivity index (χ4v) is 2.30. The van der Waals surface area contributed by atoms with Crippen LogP contribution in [0.5, 0.6) is 5.75 Å². The topological polar surface area (TPSA) is 63.7 Å². The lowest BCUT2D eigenvalue weighted by Gasteiger charge is -2.08. The molecule has 1 aliphatic rings. The smallest absolute Gasteiger partial charge is 0.186 e. The number of aromatic nitrogens is 3. The van der Waals surface area contributed by atoms with Crippen LogP contribution in [0.15, 0.2) is 24.3 Å². The zero-order chi connectivity index (χ0) is 14.7. The molecule has 0 unspecified atom stereocenters. The Labute approximate surface area is 124 Å². The number of benzene rings is 1. The van der Waals surface area contributed by atoms with Crippen molar-refractivity contribution in [3.8, 4) is 17.5 Å². The number of ether oxygens (including phenoxy) is 1. The Morgan fingerprint density at radius 1 is 1.33 bits per heavy atom. The molecule has 1 aliphatic carbocycles. The Morgan fingerprint density at radius 2 is 2.10 bits per heavy atom. The van der Waals surface area contributed by atoms with Gasteiger partial charge in [-0.15, -0.1) is 5.10 Å². The maximum absolute atomic E-state index is 9.13. The van der Waals surface area contributed by atoms with E-state index in [-0.39, 0.29) is 0 Å². The summed E-state index contributed by atoms with van der Waals surface area (Å²) in [5, 5.41) is 17.2. The van der Waals surface area contributed by atoms with E-state index >= 15 is 0 Å². The molecule has 2 aromatic rings. The fourth-order valence-electron chi connectivity index (χ4n) is 2.30. The number of unbranched alkanes of at least 4 members (excludes halogenated alkanes) is 1. The summed E-state index contributed by atoms with van der Waals surface area (Å²) in [7, 11) is 0. The maximum Gasteiger partial charge on any atom is 0.186 e. The highest BCUT2D eigenvalue weighted by molar-refractivity contribution is 5.42. The van der Waals surface area contributed by atoms with Crippen molar-refractivity contribution in [3.05, 3.63) is 35.7 Å². The van der Waals surface area contributed by atoms with Gasteiger partial charge in [-0.25, -0.2) is 4.68 Å². The van der Waals surface area contributed by atoms with Gasteiger partial charge in [-0.1, -0.05) is 18.6 Å². The molecule has 0 aliphatic heterocycles. The van der Waals surface area contributed by atoms with Gasteiger partial charge in [-0.05, 0) is 43.5 Å². The number of hydrogen-bond donors (Lipinski definition) is 0. The quantitative estimate of drug-likeness (QED) is 0.763. The minimum absolute atomic E-state index is 0.426. The molecule has 0 N–H and O–H groups in total. The Morgan fingerprint density at radius 3 is 2.71 bits per heavy atom. The number of nitrogens with zero attached hydrogens (tertiary/aromatic N) is 4. The van der Waals surface area contributed by atoms with Crippen LogP contribution in [0.2, 0.25) is 0 Å². The molecule has 0 atom stereocenters. The van der Waals surface area contributed by atoms with Gasteiger partial charge in [0.25, 0.3) is 0 Å². The predicted octanol–water partition coefficient (Wildman–Crippen LogP) is 3.20. The van der Waals surface area contributed by atoms with Crippen molar-refractivity contribution in [1.82, 2.24) is 15.0 Å². The largest absolute Gasteiger partial charge is 0.494 e. The van der Waals surface area contributed by atoms with Gasteiger partial charge < -0.3 is 4.74 Å². The molecule has 108 valence electrons. The summed E-state index contributed by atoms with van der Waals surface area (Å²) >= 11 is 0. The standard InChI is InChI=1S/C16H18N4O/c1-2-3-10-21-14-8-6-13(7-9-14)20-16(12-4-5-12)15(11-17)18-19-20/h6-9,12H,2-5,10H2,1H3. The van der Waals surface area contributed by atoms with Crippen molar-refractivity contribution in [3.63, 3.8) is 0 Å². The van der Waals surface area contributed by atoms with Crippen LogP contribution < -0.4 is 4.74 Å². The van der Waals surface area contributed by atoms with Crippen LogP contribution in [0.1, 0.15) is 49.9 Å². The average Bonchev–Trinajstić information content (AvgIpc) is 3.27. The Hall–Kier alpha value is -2.35. The van der Waals surface area contributed by atoms with Crippen LogP contribution >= 0.6 is 0 Å². The van der Waals surface area contributed by atoms with E-state index in [0.29, 0.717) is 11.6 Å². The van der Waals surface area contributed by atoms with Crippen molar-refractivity contribution in [2.75, 3.05) is 6.61 Å². The zero-order valence-electron chi connectivity index (χ0n) is 12.1. The Kier molecular flexibility index (Phi) is 3.87. The van der Waals surface area contributed by atoms with Gasteiger partial charge in [0.2, 0.25) is 0 Å². The third-order valence-corrected chi connectivity index (χ3v) is 3.62. The highest BCUT2D eigenvalue weighted by Gasteiger charge is 2.31. The van der Waals surface area contributed by atoms with E-state index in [9.17, 15) is 0 Å². The second-order valence-electron chi connectivity index (χ2n) is 5.32. The second-order valence-corrected chi connectivity index (χ2v) is 5.32. The van der Waals surface area contributed by atoms with Crippen molar-refractivity contribution in [2.45, 2.75) is 38.5 Å². The van der Waals surface area contributed by atoms with Crippen LogP contribution in [0.25, 0.3) is 5.69 Å². The third kappa shape index (κ3) is 2.89. The van der Waals surface area contributed by atoms with Crippen LogP contribution in [0.4, 0.5) is 0 Å². The van der Waals surface area contributed by atoms with Gasteiger partial charge in [0.15, 0.2) is 5.69 Å². The maximum atomic E-state index is 9.13. The molecular formula is C16H18N4O. The second kappa shape index (κ2) is 5.96. The lowest BCUT2D eigenvalue weighted by molar-refractivity contribution is 0.309. The summed E-state index contributed by atoms with van der Waals surface area (Å²) < 4.78 is 7.44. The molecule has 0 amide bonds. The van der Waals surface area contributed by atoms with E-state index in [1.54, 1.807) is 4.68 Å². The molecule has 21 heavy (non-hydrogen) atoms. The molecule has 0 spiro atoms. The van der Waals surface area contributed by atoms with Gasteiger partial charge in [0.05, 0.1) is 18.0 Å². The van der Waals surface area contributed by atoms with Crippen molar-refractivity contribution >= 4 is 0 Å². The summed E-state index contributed by atoms with van der Waals surface area (Å²) in [6.45, 7) is 2.88. The zero-order valence-corrected chi connectivity index (χ0v) is 12.1. The molecule has 5 heteroatoms. The molecule has 0 bridgehead atoms. The SMILES string of the molecule is CCCCOc1ccc(-n2nnc(C#N)c2C2CC2)cc1. The lowest BCUT2D eigenvalue weighted by Crippen LogP contribution is -2.02. The minimum atomic E-state index is 0.426. The van der Waals surface area contributed by atoms with Gasteiger partial charge in [0.1, 0.15) is 11.8 Å². The van der Waals surface area contributed by atoms with Gasteiger partial charge in [-0.3, -0.25) is 0 Å². The molecular weight excluding hydrogens is 264 g/mol. The van der Waals surface area contributed by atoms with E-state index in [2.05, 4.69) is 23.3 Å². The molecule has 5 nitrogen and oxygen atoms in total. The van der Waals surface area contributed by atoms with E-state index < -0.39 is 0 Å². The van der Waals surface area contributed by atoms with Crippen molar-refractivity contribution in [1.29, 1.82) is 5.26 Å². The minimum Gasteiger partial charge on any atom is -0.494 e. The number of rotatable bonds is 6. The summed E-state index contributed by atoms with van der Waals surface area (Å²) in [5.74, 6) is 1.29. The van der Waals surface area contributed by atoms with E-state index in [1.165, 1.54) is 0 Å². The molecule has 1 heterocycles. The van der Waals surface area contributed by atoms with Gasteiger partial charge >= 0.3 is 0 Å². The molecule has 1 fully saturated rings. The van der Waals surface area contributed by atoms with Gasteiger partial charge in [0, 0.05) is 5.92 Å². The number of nitriles is 1. The molecule has 1 saturated carbocycles. The monoisotopic (exact) mass is 282 g/mol. The van der Waals surface area contributed by atoms with E-state index in [0.717, 1.165) is 49.4 Å². The fraction of sp³-hybridized carbons (Fsp3) is 0.438. The first-order valence-electron chi connectivity index (χ1n) is 7.42. The summed E-state index contributed by atoms with van der Waals surface area (Å²) in [5.41, 5.74) is 2.31. The first kappa shape index (κ1) is 13.6. The summed E-state index contributed by atoms with van der Waals surface area (Å²) in [6, 6.07) is 9.94. The van der Waals surface area contributed by atoms with Crippen LogP contribution in [0, 0.1) is 11.3 Å². The predicted molar refractivity (Wildman–Crippen MR) is 78.5 cm³/mol. The van der Waals surface area contributed by atoms with E-state index in [4.69, 9.17) is 10.00 Å². The first-order chi connectivity index (χ1) is 10.3. The number of hydrogen-bond acceptors (Lipinski definition) is 4. The van der Waals surface area contributed by atoms with Crippen LogP contribution in [-0.4, -0.2) is 21.6 Å². The summed E-state index contributed by atoms with van der Waals surface area (Å²) in [4.78, 5) is 0. The molecule has 1 aromatic carbocycles. The lowest BCUT2D eigenvalue weighted by atomic mass is 10.2. The van der Waals surface area contributed by atoms with E-state index in [1.807, 2.05) is 24.3 Å². The highest BCUT2D eigenvalue weighted by atomic mass is 16.5. The summed E-state index contributed by atoms with van der Waals surface area (Å²) in [6.07, 6.45) is 4.40. The Balaban J connectivity index is 1.81. The van der Waals surface area contributed by atoms with Crippen molar-refractivity contribution < 1.29 is 4.74 Å². The molecule has 0 saturated heterocycles. The molecule has 3 rings (SSSR count).